The molecule has 0 aliphatic heterocycles. The van der Waals surface area contributed by atoms with Gasteiger partial charge in [0.05, 0.1) is 17.1 Å². The molecule has 2 aromatic rings. The standard InChI is InChI=1S/C22H28N2/c1-14(2)18-9-7-10-19(15(3)4)22(18)24-20-11-6-8-17-13-12-16(5)23-21(17)20/h7,9-10,12-15H,6,8,11H2,1-5H3. The molecular weight excluding hydrogens is 292 g/mol. The molecule has 0 radical (unpaired) electrons. The quantitative estimate of drug-likeness (QED) is 0.671. The maximum Gasteiger partial charge on any atom is 0.0879 e. The molecule has 0 saturated carbocycles. The number of benzene rings is 1. The zero-order valence-corrected chi connectivity index (χ0v) is 15.6. The summed E-state index contributed by atoms with van der Waals surface area (Å²) in [4.78, 5) is 10.0. The summed E-state index contributed by atoms with van der Waals surface area (Å²) in [5.74, 6) is 0.938. The second kappa shape index (κ2) is 6.88. The van der Waals surface area contributed by atoms with Crippen molar-refractivity contribution in [3.63, 3.8) is 0 Å². The van der Waals surface area contributed by atoms with Gasteiger partial charge in [0.15, 0.2) is 0 Å². The molecule has 24 heavy (non-hydrogen) atoms. The van der Waals surface area contributed by atoms with E-state index in [4.69, 9.17) is 9.98 Å². The fraction of sp³-hybridized carbons (Fsp3) is 0.455. The average Bonchev–Trinajstić information content (AvgIpc) is 2.55. The maximum atomic E-state index is 5.20. The second-order valence-electron chi connectivity index (χ2n) is 7.47. The van der Waals surface area contributed by atoms with Crippen LogP contribution in [-0.4, -0.2) is 10.7 Å². The number of rotatable bonds is 3. The van der Waals surface area contributed by atoms with Crippen LogP contribution in [0.3, 0.4) is 0 Å². The third-order valence-corrected chi connectivity index (χ3v) is 4.84. The van der Waals surface area contributed by atoms with Crippen LogP contribution in [0, 0.1) is 6.92 Å². The van der Waals surface area contributed by atoms with Gasteiger partial charge >= 0.3 is 0 Å². The van der Waals surface area contributed by atoms with Gasteiger partial charge in [-0.3, -0.25) is 9.98 Å². The molecule has 0 amide bonds. The number of hydrogen-bond donors (Lipinski definition) is 0. The first-order chi connectivity index (χ1) is 11.5. The van der Waals surface area contributed by atoms with E-state index in [-0.39, 0.29) is 0 Å². The average molecular weight is 320 g/mol. The highest BCUT2D eigenvalue weighted by Gasteiger charge is 2.20. The molecule has 0 bridgehead atoms. The van der Waals surface area contributed by atoms with Gasteiger partial charge in [-0.15, -0.1) is 0 Å². The van der Waals surface area contributed by atoms with Gasteiger partial charge in [0.2, 0.25) is 0 Å². The van der Waals surface area contributed by atoms with Gasteiger partial charge in [-0.25, -0.2) is 0 Å². The van der Waals surface area contributed by atoms with Crippen LogP contribution < -0.4 is 0 Å². The van der Waals surface area contributed by atoms with E-state index in [2.05, 4.69) is 65.0 Å². The first kappa shape index (κ1) is 16.9. The lowest BCUT2D eigenvalue weighted by atomic mass is 9.91. The molecule has 1 aliphatic carbocycles. The normalized spacial score (nSPS) is 16.0. The van der Waals surface area contributed by atoms with Gasteiger partial charge in [-0.05, 0) is 60.8 Å². The fourth-order valence-corrected chi connectivity index (χ4v) is 3.49. The minimum absolute atomic E-state index is 0.469. The van der Waals surface area contributed by atoms with Crippen LogP contribution >= 0.6 is 0 Å². The predicted octanol–water partition coefficient (Wildman–Crippen LogP) is 6.09. The summed E-state index contributed by atoms with van der Waals surface area (Å²) in [6.07, 6.45) is 3.30. The zero-order valence-electron chi connectivity index (χ0n) is 15.6. The lowest BCUT2D eigenvalue weighted by molar-refractivity contribution is 0.816. The lowest BCUT2D eigenvalue weighted by Crippen LogP contribution is -2.15. The summed E-state index contributed by atoms with van der Waals surface area (Å²) in [5.41, 5.74) is 8.56. The molecule has 1 aliphatic rings. The highest BCUT2D eigenvalue weighted by molar-refractivity contribution is 6.02. The smallest absolute Gasteiger partial charge is 0.0879 e. The van der Waals surface area contributed by atoms with E-state index >= 15 is 0 Å². The zero-order chi connectivity index (χ0) is 17.3. The van der Waals surface area contributed by atoms with E-state index in [1.165, 1.54) is 22.4 Å². The Morgan fingerprint density at radius 2 is 1.58 bits per heavy atom. The minimum Gasteiger partial charge on any atom is -0.252 e. The van der Waals surface area contributed by atoms with Crippen molar-refractivity contribution in [3.8, 4) is 0 Å². The molecule has 3 rings (SSSR count). The van der Waals surface area contributed by atoms with Crippen molar-refractivity contribution in [1.29, 1.82) is 0 Å². The van der Waals surface area contributed by atoms with Crippen LogP contribution in [-0.2, 0) is 6.42 Å². The Bertz CT molecular complexity index is 743. The number of aliphatic imine (C=N–C) groups is 1. The topological polar surface area (TPSA) is 25.2 Å². The maximum absolute atomic E-state index is 5.20. The molecule has 1 heterocycles. The predicted molar refractivity (Wildman–Crippen MR) is 103 cm³/mol. The number of para-hydroxylation sites is 1. The van der Waals surface area contributed by atoms with Crippen molar-refractivity contribution in [2.24, 2.45) is 4.99 Å². The summed E-state index contributed by atoms with van der Waals surface area (Å²) in [6.45, 7) is 11.1. The monoisotopic (exact) mass is 320 g/mol. The van der Waals surface area contributed by atoms with Gasteiger partial charge in [-0.1, -0.05) is 52.0 Å². The number of pyridine rings is 1. The SMILES string of the molecule is Cc1ccc2c(n1)C(=Nc1c(C(C)C)cccc1C(C)C)CCC2. The fourth-order valence-electron chi connectivity index (χ4n) is 3.49. The van der Waals surface area contributed by atoms with Crippen molar-refractivity contribution < 1.29 is 0 Å². The second-order valence-corrected chi connectivity index (χ2v) is 7.47. The van der Waals surface area contributed by atoms with E-state index in [9.17, 15) is 0 Å². The van der Waals surface area contributed by atoms with Crippen LogP contribution in [0.2, 0.25) is 0 Å². The van der Waals surface area contributed by atoms with E-state index in [0.29, 0.717) is 11.8 Å². The molecule has 2 nitrogen and oxygen atoms in total. The number of aryl methyl sites for hydroxylation is 2. The van der Waals surface area contributed by atoms with Gasteiger partial charge in [0, 0.05) is 5.69 Å². The molecule has 2 heteroatoms. The van der Waals surface area contributed by atoms with Crippen LogP contribution in [0.1, 0.15) is 80.5 Å². The third-order valence-electron chi connectivity index (χ3n) is 4.84. The summed E-state index contributed by atoms with van der Waals surface area (Å²) in [5, 5.41) is 0. The van der Waals surface area contributed by atoms with Crippen LogP contribution in [0.4, 0.5) is 5.69 Å². The highest BCUT2D eigenvalue weighted by Crippen LogP contribution is 2.36. The molecule has 1 aromatic carbocycles. The molecule has 1 aromatic heterocycles. The largest absolute Gasteiger partial charge is 0.252 e. The highest BCUT2D eigenvalue weighted by atomic mass is 14.8. The van der Waals surface area contributed by atoms with E-state index < -0.39 is 0 Å². The first-order valence-corrected chi connectivity index (χ1v) is 9.14. The van der Waals surface area contributed by atoms with Crippen molar-refractivity contribution in [2.75, 3.05) is 0 Å². The number of aromatic nitrogens is 1. The molecule has 0 saturated heterocycles. The third kappa shape index (κ3) is 3.28. The Hall–Kier alpha value is -1.96. The molecule has 0 spiro atoms. The Morgan fingerprint density at radius 1 is 0.917 bits per heavy atom. The molecule has 0 unspecified atom stereocenters. The van der Waals surface area contributed by atoms with Crippen molar-refractivity contribution in [3.05, 3.63) is 58.4 Å². The summed E-state index contributed by atoms with van der Waals surface area (Å²) >= 11 is 0. The Morgan fingerprint density at radius 3 is 2.21 bits per heavy atom. The lowest BCUT2D eigenvalue weighted by Gasteiger charge is -2.21. The molecule has 0 atom stereocenters. The van der Waals surface area contributed by atoms with Gasteiger partial charge in [0.25, 0.3) is 0 Å². The van der Waals surface area contributed by atoms with Gasteiger partial charge < -0.3 is 0 Å². The van der Waals surface area contributed by atoms with Crippen molar-refractivity contribution >= 4 is 11.4 Å². The van der Waals surface area contributed by atoms with Gasteiger partial charge in [0.1, 0.15) is 0 Å². The van der Waals surface area contributed by atoms with Crippen LogP contribution in [0.25, 0.3) is 0 Å². The molecule has 0 fully saturated rings. The Balaban J connectivity index is 2.18. The summed E-state index contributed by atoms with van der Waals surface area (Å²) in [6, 6.07) is 11.0. The molecular formula is C22H28N2. The first-order valence-electron chi connectivity index (χ1n) is 9.14. The number of nitrogens with zero attached hydrogens (tertiary/aromatic N) is 2. The van der Waals surface area contributed by atoms with Crippen LogP contribution in [0.5, 0.6) is 0 Å². The van der Waals surface area contributed by atoms with Gasteiger partial charge in [-0.2, -0.15) is 0 Å². The van der Waals surface area contributed by atoms with E-state index in [1.54, 1.807) is 0 Å². The minimum atomic E-state index is 0.469. The molecule has 0 N–H and O–H groups in total. The molecule has 126 valence electrons. The Labute approximate surface area is 146 Å². The summed E-state index contributed by atoms with van der Waals surface area (Å²) < 4.78 is 0. The Kier molecular flexibility index (Phi) is 4.84. The van der Waals surface area contributed by atoms with Crippen molar-refractivity contribution in [2.45, 2.75) is 65.7 Å². The van der Waals surface area contributed by atoms with Crippen molar-refractivity contribution in [1.82, 2.24) is 4.98 Å². The number of hydrogen-bond acceptors (Lipinski definition) is 2. The van der Waals surface area contributed by atoms with E-state index in [1.807, 2.05) is 0 Å². The number of fused-ring (bicyclic) bond motifs is 1. The van der Waals surface area contributed by atoms with Crippen LogP contribution in [0.15, 0.2) is 35.3 Å². The summed E-state index contributed by atoms with van der Waals surface area (Å²) in [7, 11) is 0. The van der Waals surface area contributed by atoms with E-state index in [0.717, 1.165) is 36.4 Å².